The number of halogens is 1. The van der Waals surface area contributed by atoms with Gasteiger partial charge < -0.3 is 9.88 Å². The van der Waals surface area contributed by atoms with Gasteiger partial charge in [0.2, 0.25) is 0 Å². The highest BCUT2D eigenvalue weighted by Crippen LogP contribution is 2.16. The maximum absolute atomic E-state index is 5.88. The average Bonchev–Trinajstić information content (AvgIpc) is 2.84. The quantitative estimate of drug-likeness (QED) is 0.896. The zero-order chi connectivity index (χ0) is 13.0. The maximum Gasteiger partial charge on any atom is 0.0948 e. The van der Waals surface area contributed by atoms with Crippen molar-refractivity contribution in [2.75, 3.05) is 0 Å². The van der Waals surface area contributed by atoms with Gasteiger partial charge in [0.25, 0.3) is 0 Å². The van der Waals surface area contributed by atoms with Gasteiger partial charge in [0.05, 0.1) is 12.0 Å². The second-order valence-corrected chi connectivity index (χ2v) is 4.76. The van der Waals surface area contributed by atoms with Gasteiger partial charge in [-0.05, 0) is 31.5 Å². The minimum Gasteiger partial charge on any atom is -0.334 e. The number of imidazole rings is 1. The van der Waals surface area contributed by atoms with Crippen LogP contribution in [-0.4, -0.2) is 9.55 Å². The molecule has 1 aromatic heterocycles. The zero-order valence-corrected chi connectivity index (χ0v) is 11.5. The Labute approximate surface area is 113 Å². The number of aromatic nitrogens is 2. The van der Waals surface area contributed by atoms with E-state index < -0.39 is 0 Å². The van der Waals surface area contributed by atoms with Crippen molar-refractivity contribution in [1.29, 1.82) is 0 Å². The Kier molecular flexibility index (Phi) is 4.39. The molecule has 0 amide bonds. The molecule has 2 rings (SSSR count). The van der Waals surface area contributed by atoms with E-state index in [0.717, 1.165) is 18.1 Å². The van der Waals surface area contributed by atoms with Crippen LogP contribution in [0.3, 0.4) is 0 Å². The van der Waals surface area contributed by atoms with Crippen LogP contribution in [0, 0.1) is 0 Å². The predicted octanol–water partition coefficient (Wildman–Crippen LogP) is 3.41. The summed E-state index contributed by atoms with van der Waals surface area (Å²) in [4.78, 5) is 4.16. The predicted molar refractivity (Wildman–Crippen MR) is 74.6 cm³/mol. The maximum atomic E-state index is 5.88. The SMILES string of the molecule is CCn1cncc1CNC(C)c1ccc(Cl)cc1. The lowest BCUT2D eigenvalue weighted by molar-refractivity contribution is 0.549. The zero-order valence-electron chi connectivity index (χ0n) is 10.7. The van der Waals surface area contributed by atoms with Gasteiger partial charge >= 0.3 is 0 Å². The minimum absolute atomic E-state index is 0.294. The molecule has 1 N–H and O–H groups in total. The van der Waals surface area contributed by atoms with Crippen molar-refractivity contribution in [2.24, 2.45) is 0 Å². The first-order valence-corrected chi connectivity index (χ1v) is 6.56. The number of nitrogens with one attached hydrogen (secondary N) is 1. The number of hydrogen-bond donors (Lipinski definition) is 1. The molecule has 0 saturated heterocycles. The van der Waals surface area contributed by atoms with Gasteiger partial charge in [-0.1, -0.05) is 23.7 Å². The number of rotatable bonds is 5. The summed E-state index contributed by atoms with van der Waals surface area (Å²) in [5, 5.41) is 4.26. The Morgan fingerprint density at radius 1 is 1.33 bits per heavy atom. The van der Waals surface area contributed by atoms with Crippen LogP contribution in [0.4, 0.5) is 0 Å². The molecule has 2 aromatic rings. The molecule has 1 aromatic carbocycles. The smallest absolute Gasteiger partial charge is 0.0948 e. The van der Waals surface area contributed by atoms with E-state index in [1.807, 2.05) is 24.7 Å². The Hall–Kier alpha value is -1.32. The summed E-state index contributed by atoms with van der Waals surface area (Å²) in [5.74, 6) is 0. The van der Waals surface area contributed by atoms with Gasteiger partial charge in [-0.3, -0.25) is 0 Å². The van der Waals surface area contributed by atoms with Gasteiger partial charge in [0, 0.05) is 30.4 Å². The van der Waals surface area contributed by atoms with Crippen LogP contribution < -0.4 is 5.32 Å². The molecule has 0 saturated carbocycles. The molecule has 0 spiro atoms. The largest absolute Gasteiger partial charge is 0.334 e. The van der Waals surface area contributed by atoms with Crippen molar-refractivity contribution in [1.82, 2.24) is 14.9 Å². The summed E-state index contributed by atoms with van der Waals surface area (Å²) < 4.78 is 2.14. The van der Waals surface area contributed by atoms with Crippen LogP contribution >= 0.6 is 11.6 Å². The Morgan fingerprint density at radius 2 is 2.06 bits per heavy atom. The summed E-state index contributed by atoms with van der Waals surface area (Å²) in [5.41, 5.74) is 2.44. The lowest BCUT2D eigenvalue weighted by atomic mass is 10.1. The van der Waals surface area contributed by atoms with Crippen molar-refractivity contribution < 1.29 is 0 Å². The molecule has 0 fully saturated rings. The van der Waals surface area contributed by atoms with Crippen molar-refractivity contribution in [3.05, 3.63) is 53.1 Å². The topological polar surface area (TPSA) is 29.9 Å². The molecular weight excluding hydrogens is 246 g/mol. The third kappa shape index (κ3) is 3.12. The van der Waals surface area contributed by atoms with Gasteiger partial charge in [-0.15, -0.1) is 0 Å². The minimum atomic E-state index is 0.294. The van der Waals surface area contributed by atoms with Crippen LogP contribution in [-0.2, 0) is 13.1 Å². The molecule has 1 unspecified atom stereocenters. The standard InChI is InChI=1S/C14H18ClN3/c1-3-18-10-16-8-14(18)9-17-11(2)12-4-6-13(15)7-5-12/h4-8,10-11,17H,3,9H2,1-2H3. The van der Waals surface area contributed by atoms with E-state index in [1.165, 1.54) is 11.3 Å². The van der Waals surface area contributed by atoms with Gasteiger partial charge in [-0.25, -0.2) is 4.98 Å². The Bertz CT molecular complexity index is 490. The highest BCUT2D eigenvalue weighted by molar-refractivity contribution is 6.30. The molecule has 0 aliphatic heterocycles. The molecule has 1 heterocycles. The highest BCUT2D eigenvalue weighted by atomic mass is 35.5. The summed E-state index contributed by atoms with van der Waals surface area (Å²) in [6, 6.07) is 8.24. The number of nitrogens with zero attached hydrogens (tertiary/aromatic N) is 2. The van der Waals surface area contributed by atoms with E-state index in [2.05, 4.69) is 40.8 Å². The monoisotopic (exact) mass is 263 g/mol. The van der Waals surface area contributed by atoms with E-state index in [1.54, 1.807) is 0 Å². The van der Waals surface area contributed by atoms with Crippen LogP contribution in [0.5, 0.6) is 0 Å². The summed E-state index contributed by atoms with van der Waals surface area (Å²) >= 11 is 5.88. The first-order valence-electron chi connectivity index (χ1n) is 6.18. The summed E-state index contributed by atoms with van der Waals surface area (Å²) in [7, 11) is 0. The van der Waals surface area contributed by atoms with Crippen LogP contribution in [0.25, 0.3) is 0 Å². The van der Waals surface area contributed by atoms with Crippen molar-refractivity contribution in [2.45, 2.75) is 33.0 Å². The van der Waals surface area contributed by atoms with E-state index in [-0.39, 0.29) is 0 Å². The summed E-state index contributed by atoms with van der Waals surface area (Å²) in [6.07, 6.45) is 3.77. The van der Waals surface area contributed by atoms with Crippen molar-refractivity contribution >= 4 is 11.6 Å². The lowest BCUT2D eigenvalue weighted by Gasteiger charge is -2.15. The molecule has 0 bridgehead atoms. The molecule has 96 valence electrons. The van der Waals surface area contributed by atoms with Gasteiger partial charge in [0.15, 0.2) is 0 Å². The molecule has 4 heteroatoms. The lowest BCUT2D eigenvalue weighted by Crippen LogP contribution is -2.19. The molecule has 18 heavy (non-hydrogen) atoms. The normalized spacial score (nSPS) is 12.6. The fourth-order valence-corrected chi connectivity index (χ4v) is 2.03. The molecule has 3 nitrogen and oxygen atoms in total. The van der Waals surface area contributed by atoms with Gasteiger partial charge in [-0.2, -0.15) is 0 Å². The molecule has 0 radical (unpaired) electrons. The van der Waals surface area contributed by atoms with E-state index in [0.29, 0.717) is 6.04 Å². The van der Waals surface area contributed by atoms with E-state index in [4.69, 9.17) is 11.6 Å². The number of hydrogen-bond acceptors (Lipinski definition) is 2. The third-order valence-electron chi connectivity index (χ3n) is 3.10. The fourth-order valence-electron chi connectivity index (χ4n) is 1.91. The number of benzene rings is 1. The second kappa shape index (κ2) is 6.03. The first-order chi connectivity index (χ1) is 8.70. The Balaban J connectivity index is 1.96. The van der Waals surface area contributed by atoms with Crippen LogP contribution in [0.1, 0.15) is 31.1 Å². The summed E-state index contributed by atoms with van der Waals surface area (Å²) in [6.45, 7) is 6.04. The fraction of sp³-hybridized carbons (Fsp3) is 0.357. The van der Waals surface area contributed by atoms with Crippen molar-refractivity contribution in [3.63, 3.8) is 0 Å². The second-order valence-electron chi connectivity index (χ2n) is 4.33. The third-order valence-corrected chi connectivity index (χ3v) is 3.35. The highest BCUT2D eigenvalue weighted by Gasteiger charge is 2.06. The average molecular weight is 264 g/mol. The Morgan fingerprint density at radius 3 is 2.72 bits per heavy atom. The number of aryl methyl sites for hydroxylation is 1. The van der Waals surface area contributed by atoms with Crippen LogP contribution in [0.15, 0.2) is 36.8 Å². The van der Waals surface area contributed by atoms with Gasteiger partial charge in [0.1, 0.15) is 0 Å². The molecular formula is C14H18ClN3. The van der Waals surface area contributed by atoms with Crippen LogP contribution in [0.2, 0.25) is 5.02 Å². The molecule has 0 aliphatic carbocycles. The first kappa shape index (κ1) is 13.1. The van der Waals surface area contributed by atoms with E-state index >= 15 is 0 Å². The van der Waals surface area contributed by atoms with Crippen molar-refractivity contribution in [3.8, 4) is 0 Å². The van der Waals surface area contributed by atoms with E-state index in [9.17, 15) is 0 Å². The molecule has 0 aliphatic rings. The molecule has 1 atom stereocenters.